The molecule has 2 amide bonds. The minimum absolute atomic E-state index is 0.0155. The van der Waals surface area contributed by atoms with Crippen LogP contribution in [0.2, 0.25) is 0 Å². The number of amides is 2. The lowest BCUT2D eigenvalue weighted by Crippen LogP contribution is -2.46. The highest BCUT2D eigenvalue weighted by Gasteiger charge is 2.24. The van der Waals surface area contributed by atoms with Crippen LogP contribution in [0.1, 0.15) is 52.1 Å². The van der Waals surface area contributed by atoms with E-state index in [4.69, 9.17) is 9.90 Å². The molecule has 0 unspecified atom stereocenters. The maximum Gasteiger partial charge on any atom is 0.345 e. The van der Waals surface area contributed by atoms with Gasteiger partial charge in [-0.15, -0.1) is 0 Å². The lowest BCUT2D eigenvalue weighted by Gasteiger charge is -2.32. The summed E-state index contributed by atoms with van der Waals surface area (Å²) in [7, 11) is 0. The van der Waals surface area contributed by atoms with Gasteiger partial charge in [0, 0.05) is 42.5 Å². The minimum Gasteiger partial charge on any atom is -0.483 e. The largest absolute Gasteiger partial charge is 0.483 e. The van der Waals surface area contributed by atoms with Crippen molar-refractivity contribution in [3.8, 4) is 0 Å². The molecule has 2 aromatic rings. The molecule has 9 nitrogen and oxygen atoms in total. The Kier molecular flexibility index (Phi) is 9.12. The minimum atomic E-state index is -0.361. The fourth-order valence-electron chi connectivity index (χ4n) is 3.77. The number of benzene rings is 1. The quantitative estimate of drug-likeness (QED) is 0.605. The third kappa shape index (κ3) is 7.04. The third-order valence-corrected chi connectivity index (χ3v) is 5.50. The first kappa shape index (κ1) is 24.8. The Balaban J connectivity index is 0.00000114. The molecule has 1 saturated heterocycles. The highest BCUT2D eigenvalue weighted by atomic mass is 16.3. The molecule has 1 aromatic carbocycles. The number of carbonyl (C=O) groups is 3. The van der Waals surface area contributed by atoms with Gasteiger partial charge in [-0.05, 0) is 57.7 Å². The zero-order valence-corrected chi connectivity index (χ0v) is 18.7. The molecule has 3 rings (SSSR count). The highest BCUT2D eigenvalue weighted by Crippen LogP contribution is 2.15. The summed E-state index contributed by atoms with van der Waals surface area (Å²) < 4.78 is 0. The molecule has 32 heavy (non-hydrogen) atoms. The van der Waals surface area contributed by atoms with E-state index in [1.54, 1.807) is 6.92 Å². The highest BCUT2D eigenvalue weighted by molar-refractivity contribution is 5.94. The van der Waals surface area contributed by atoms with Crippen molar-refractivity contribution in [1.29, 1.82) is 0 Å². The fourth-order valence-corrected chi connectivity index (χ4v) is 3.77. The van der Waals surface area contributed by atoms with Gasteiger partial charge in [0.25, 0.3) is 12.4 Å². The number of rotatable bonds is 5. The van der Waals surface area contributed by atoms with Gasteiger partial charge in [0.1, 0.15) is 0 Å². The summed E-state index contributed by atoms with van der Waals surface area (Å²) in [6, 6.07) is 7.70. The van der Waals surface area contributed by atoms with Gasteiger partial charge >= 0.3 is 5.69 Å². The smallest absolute Gasteiger partial charge is 0.345 e. The second-order valence-electron chi connectivity index (χ2n) is 7.84. The number of carboxylic acid groups (broad SMARTS) is 1. The van der Waals surface area contributed by atoms with Gasteiger partial charge < -0.3 is 20.3 Å². The second kappa shape index (κ2) is 11.8. The second-order valence-corrected chi connectivity index (χ2v) is 7.84. The SMILES string of the molecule is Cc1ccc(C(=O)N2CCC(NC(=O)CCc3c(C)nc(=O)[nH]c3C)CC2)cc1.O=CO. The molecule has 1 aliphatic heterocycles. The van der Waals surface area contributed by atoms with E-state index in [1.807, 2.05) is 43.0 Å². The number of nitrogens with zero attached hydrogens (tertiary/aromatic N) is 2. The summed E-state index contributed by atoms with van der Waals surface area (Å²) in [6.45, 7) is 6.64. The number of nitrogens with one attached hydrogen (secondary N) is 2. The molecule has 3 N–H and O–H groups in total. The van der Waals surface area contributed by atoms with Crippen molar-refractivity contribution < 1.29 is 19.5 Å². The van der Waals surface area contributed by atoms with Crippen molar-refractivity contribution in [3.63, 3.8) is 0 Å². The molecule has 1 aliphatic rings. The monoisotopic (exact) mass is 442 g/mol. The molecular weight excluding hydrogens is 412 g/mol. The van der Waals surface area contributed by atoms with Crippen LogP contribution in [0.5, 0.6) is 0 Å². The van der Waals surface area contributed by atoms with E-state index in [1.165, 1.54) is 0 Å². The molecule has 0 saturated carbocycles. The number of H-pyrrole nitrogens is 1. The molecule has 0 radical (unpaired) electrons. The van der Waals surface area contributed by atoms with Crippen LogP contribution in [-0.2, 0) is 16.0 Å². The Labute approximate surface area is 186 Å². The van der Waals surface area contributed by atoms with E-state index in [-0.39, 0.29) is 30.0 Å². The first-order valence-corrected chi connectivity index (χ1v) is 10.5. The number of aromatic nitrogens is 2. The van der Waals surface area contributed by atoms with Crippen LogP contribution >= 0.6 is 0 Å². The van der Waals surface area contributed by atoms with Gasteiger partial charge in [-0.1, -0.05) is 17.7 Å². The molecule has 2 heterocycles. The zero-order chi connectivity index (χ0) is 23.7. The molecule has 172 valence electrons. The van der Waals surface area contributed by atoms with Crippen molar-refractivity contribution >= 4 is 18.3 Å². The summed E-state index contributed by atoms with van der Waals surface area (Å²) in [5.41, 5.74) is 3.82. The van der Waals surface area contributed by atoms with Gasteiger partial charge in [-0.2, -0.15) is 4.98 Å². The maximum atomic E-state index is 12.6. The van der Waals surface area contributed by atoms with Crippen molar-refractivity contribution in [2.75, 3.05) is 13.1 Å². The van der Waals surface area contributed by atoms with E-state index in [9.17, 15) is 14.4 Å². The Morgan fingerprint density at radius 3 is 2.34 bits per heavy atom. The zero-order valence-electron chi connectivity index (χ0n) is 18.7. The molecule has 9 heteroatoms. The first-order valence-electron chi connectivity index (χ1n) is 10.5. The van der Waals surface area contributed by atoms with Crippen LogP contribution in [0, 0.1) is 20.8 Å². The van der Waals surface area contributed by atoms with Crippen LogP contribution in [0.3, 0.4) is 0 Å². The fraction of sp³-hybridized carbons (Fsp3) is 0.435. The number of hydrogen-bond donors (Lipinski definition) is 3. The average Bonchev–Trinajstić information content (AvgIpc) is 2.74. The predicted molar refractivity (Wildman–Crippen MR) is 120 cm³/mol. The van der Waals surface area contributed by atoms with Crippen molar-refractivity contribution in [2.24, 2.45) is 0 Å². The van der Waals surface area contributed by atoms with Gasteiger partial charge in [0.2, 0.25) is 5.91 Å². The van der Waals surface area contributed by atoms with Crippen LogP contribution < -0.4 is 11.0 Å². The van der Waals surface area contributed by atoms with E-state index >= 15 is 0 Å². The Bertz CT molecular complexity index is 966. The van der Waals surface area contributed by atoms with Crippen molar-refractivity contribution in [2.45, 2.75) is 52.5 Å². The maximum absolute atomic E-state index is 12.6. The summed E-state index contributed by atoms with van der Waals surface area (Å²) in [5, 5.41) is 9.97. The molecule has 0 bridgehead atoms. The topological polar surface area (TPSA) is 132 Å². The first-order chi connectivity index (χ1) is 15.2. The number of aryl methyl sites for hydroxylation is 3. The average molecular weight is 443 g/mol. The molecule has 1 fully saturated rings. The van der Waals surface area contributed by atoms with Gasteiger partial charge in [-0.25, -0.2) is 4.79 Å². The standard InChI is InChI=1S/C22H28N4O3.CH2O2/c1-14-4-6-17(7-5-14)21(28)26-12-10-18(11-13-26)25-20(27)9-8-19-15(2)23-22(29)24-16(19)3;2-1-3/h4-7,18H,8-13H2,1-3H3,(H,25,27)(H,23,24,29);1H,(H,2,3). The predicted octanol–water partition coefficient (Wildman–Crippen LogP) is 1.75. The normalized spacial score (nSPS) is 13.7. The number of carbonyl (C=O) groups excluding carboxylic acids is 2. The van der Waals surface area contributed by atoms with E-state index < -0.39 is 0 Å². The van der Waals surface area contributed by atoms with E-state index in [2.05, 4.69) is 15.3 Å². The summed E-state index contributed by atoms with van der Waals surface area (Å²) in [4.78, 5) is 53.1. The Hall–Kier alpha value is -3.49. The molecule has 1 aromatic heterocycles. The van der Waals surface area contributed by atoms with E-state index in [0.717, 1.165) is 29.7 Å². The number of hydrogen-bond acceptors (Lipinski definition) is 5. The van der Waals surface area contributed by atoms with Crippen LogP contribution in [0.25, 0.3) is 0 Å². The molecule has 0 aliphatic carbocycles. The van der Waals surface area contributed by atoms with Crippen molar-refractivity contribution in [1.82, 2.24) is 20.2 Å². The van der Waals surface area contributed by atoms with Gasteiger partial charge in [-0.3, -0.25) is 14.4 Å². The third-order valence-electron chi connectivity index (χ3n) is 5.50. The summed E-state index contributed by atoms with van der Waals surface area (Å²) >= 11 is 0. The lowest BCUT2D eigenvalue weighted by atomic mass is 10.0. The van der Waals surface area contributed by atoms with Gasteiger partial charge in [0.15, 0.2) is 0 Å². The van der Waals surface area contributed by atoms with Crippen LogP contribution in [0.4, 0.5) is 0 Å². The van der Waals surface area contributed by atoms with Crippen LogP contribution in [0.15, 0.2) is 29.1 Å². The molecule has 0 atom stereocenters. The molecular formula is C23H30N4O5. The number of likely N-dealkylation sites (tertiary alicyclic amines) is 1. The Morgan fingerprint density at radius 1 is 1.19 bits per heavy atom. The number of aromatic amines is 1. The van der Waals surface area contributed by atoms with Crippen molar-refractivity contribution in [3.05, 3.63) is 62.8 Å². The summed E-state index contributed by atoms with van der Waals surface area (Å²) in [5.74, 6) is 0.0320. The summed E-state index contributed by atoms with van der Waals surface area (Å²) in [6.07, 6.45) is 2.39. The van der Waals surface area contributed by atoms with Gasteiger partial charge in [0.05, 0.1) is 0 Å². The number of piperidine rings is 1. The van der Waals surface area contributed by atoms with E-state index in [0.29, 0.717) is 37.2 Å². The lowest BCUT2D eigenvalue weighted by molar-refractivity contribution is -0.123. The molecule has 0 spiro atoms. The van der Waals surface area contributed by atoms with Crippen LogP contribution in [-0.4, -0.2) is 57.4 Å². The Morgan fingerprint density at radius 2 is 1.78 bits per heavy atom.